The molecule has 1 saturated heterocycles. The first-order valence-corrected chi connectivity index (χ1v) is 8.33. The average Bonchev–Trinajstić information content (AvgIpc) is 3.13. The second-order valence-electron chi connectivity index (χ2n) is 6.51. The van der Waals surface area contributed by atoms with E-state index in [-0.39, 0.29) is 0 Å². The Kier molecular flexibility index (Phi) is 3.87. The molecule has 2 aromatic heterocycles. The molecule has 23 heavy (non-hydrogen) atoms. The van der Waals surface area contributed by atoms with Crippen molar-refractivity contribution in [1.29, 1.82) is 0 Å². The van der Waals surface area contributed by atoms with Crippen molar-refractivity contribution in [2.45, 2.75) is 32.7 Å². The van der Waals surface area contributed by atoms with Gasteiger partial charge in [0.25, 0.3) is 0 Å². The van der Waals surface area contributed by atoms with Crippen LogP contribution in [0.5, 0.6) is 0 Å². The molecule has 1 N–H and O–H groups in total. The number of benzene rings is 1. The minimum Gasteiger partial charge on any atom is -0.449 e. The number of nitrogens with zero attached hydrogens (tertiary/aromatic N) is 3. The van der Waals surface area contributed by atoms with Crippen LogP contribution in [0.2, 0.25) is 0 Å². The molecule has 120 valence electrons. The summed E-state index contributed by atoms with van der Waals surface area (Å²) >= 11 is 0. The predicted molar refractivity (Wildman–Crippen MR) is 89.0 cm³/mol. The number of likely N-dealkylation sites (tertiary alicyclic amines) is 1. The van der Waals surface area contributed by atoms with Crippen LogP contribution in [0.15, 0.2) is 34.9 Å². The van der Waals surface area contributed by atoms with Crippen molar-refractivity contribution in [2.75, 3.05) is 13.1 Å². The topological polar surface area (TPSA) is 58.0 Å². The third-order valence-electron chi connectivity index (χ3n) is 4.58. The lowest BCUT2D eigenvalue weighted by molar-refractivity contribution is 0.164. The molecule has 0 radical (unpaired) electrons. The first-order valence-electron chi connectivity index (χ1n) is 8.33. The number of aromatic nitrogens is 3. The number of hydrogen-bond donors (Lipinski definition) is 1. The van der Waals surface area contributed by atoms with Crippen molar-refractivity contribution in [1.82, 2.24) is 19.9 Å². The number of piperidine rings is 1. The lowest BCUT2D eigenvalue weighted by Gasteiger charge is -2.31. The fraction of sp³-hybridized carbons (Fsp3) is 0.444. The molecule has 0 saturated carbocycles. The van der Waals surface area contributed by atoms with Gasteiger partial charge in [-0.3, -0.25) is 4.90 Å². The standard InChI is InChI=1S/C18H22N4O/c1-13-19-15(12-23-13)11-22-8-4-5-14(10-22)9-18-20-16-6-2-3-7-17(16)21-18/h2-3,6-7,12,14H,4-5,8-11H2,1H3,(H,20,21)/t14-/m0/s1. The fourth-order valence-electron chi connectivity index (χ4n) is 3.55. The Labute approximate surface area is 135 Å². The first-order chi connectivity index (χ1) is 11.3. The van der Waals surface area contributed by atoms with E-state index < -0.39 is 0 Å². The molecular formula is C18H22N4O. The highest BCUT2D eigenvalue weighted by atomic mass is 16.3. The summed E-state index contributed by atoms with van der Waals surface area (Å²) in [6.07, 6.45) is 5.30. The number of H-pyrrole nitrogens is 1. The van der Waals surface area contributed by atoms with Gasteiger partial charge in [0.15, 0.2) is 5.89 Å². The summed E-state index contributed by atoms with van der Waals surface area (Å²) in [7, 11) is 0. The van der Waals surface area contributed by atoms with Gasteiger partial charge in [-0.1, -0.05) is 12.1 Å². The molecule has 3 heterocycles. The van der Waals surface area contributed by atoms with E-state index in [2.05, 4.69) is 27.0 Å². The minimum atomic E-state index is 0.650. The van der Waals surface area contributed by atoms with Gasteiger partial charge in [-0.2, -0.15) is 0 Å². The molecule has 3 aromatic rings. The molecule has 1 aromatic carbocycles. The van der Waals surface area contributed by atoms with E-state index in [0.29, 0.717) is 5.92 Å². The molecule has 0 amide bonds. The van der Waals surface area contributed by atoms with Gasteiger partial charge in [0.2, 0.25) is 0 Å². The van der Waals surface area contributed by atoms with Gasteiger partial charge >= 0.3 is 0 Å². The number of oxazole rings is 1. The molecule has 4 rings (SSSR count). The molecule has 1 aliphatic heterocycles. The fourth-order valence-corrected chi connectivity index (χ4v) is 3.55. The average molecular weight is 310 g/mol. The Morgan fingerprint density at radius 2 is 2.22 bits per heavy atom. The van der Waals surface area contributed by atoms with Gasteiger partial charge in [0, 0.05) is 26.4 Å². The van der Waals surface area contributed by atoms with Crippen LogP contribution in [0.25, 0.3) is 11.0 Å². The molecule has 1 aliphatic rings. The van der Waals surface area contributed by atoms with Crippen molar-refractivity contribution < 1.29 is 4.42 Å². The number of nitrogens with one attached hydrogen (secondary N) is 1. The van der Waals surface area contributed by atoms with E-state index >= 15 is 0 Å². The van der Waals surface area contributed by atoms with Crippen molar-refractivity contribution in [3.8, 4) is 0 Å². The maximum atomic E-state index is 5.31. The maximum Gasteiger partial charge on any atom is 0.191 e. The largest absolute Gasteiger partial charge is 0.449 e. The number of aryl methyl sites for hydroxylation is 1. The second-order valence-corrected chi connectivity index (χ2v) is 6.51. The number of aromatic amines is 1. The van der Waals surface area contributed by atoms with Crippen molar-refractivity contribution in [2.24, 2.45) is 5.92 Å². The monoisotopic (exact) mass is 310 g/mol. The van der Waals surface area contributed by atoms with Gasteiger partial charge in [-0.15, -0.1) is 0 Å². The molecule has 5 nitrogen and oxygen atoms in total. The van der Waals surface area contributed by atoms with Gasteiger partial charge in [-0.05, 0) is 37.4 Å². The summed E-state index contributed by atoms with van der Waals surface area (Å²) in [6, 6.07) is 8.24. The quantitative estimate of drug-likeness (QED) is 0.803. The number of fused-ring (bicyclic) bond motifs is 1. The Balaban J connectivity index is 1.40. The van der Waals surface area contributed by atoms with Crippen LogP contribution < -0.4 is 0 Å². The van der Waals surface area contributed by atoms with Crippen LogP contribution in [0.3, 0.4) is 0 Å². The van der Waals surface area contributed by atoms with Gasteiger partial charge in [0.05, 0.1) is 16.7 Å². The van der Waals surface area contributed by atoms with Crippen molar-refractivity contribution in [3.63, 3.8) is 0 Å². The Morgan fingerprint density at radius 1 is 1.30 bits per heavy atom. The van der Waals surface area contributed by atoms with Crippen molar-refractivity contribution in [3.05, 3.63) is 47.9 Å². The molecule has 0 aliphatic carbocycles. The third kappa shape index (κ3) is 3.29. The van der Waals surface area contributed by atoms with E-state index in [9.17, 15) is 0 Å². The molecule has 0 bridgehead atoms. The van der Waals surface area contributed by atoms with Crippen LogP contribution in [-0.4, -0.2) is 32.9 Å². The zero-order valence-corrected chi connectivity index (χ0v) is 13.5. The van der Waals surface area contributed by atoms with Crippen LogP contribution in [0.1, 0.15) is 30.3 Å². The number of imidazole rings is 1. The molecule has 5 heteroatoms. The highest BCUT2D eigenvalue weighted by Gasteiger charge is 2.22. The predicted octanol–water partition coefficient (Wildman–Crippen LogP) is 3.31. The van der Waals surface area contributed by atoms with Gasteiger partial charge in [0.1, 0.15) is 12.1 Å². The maximum absolute atomic E-state index is 5.31. The zero-order valence-electron chi connectivity index (χ0n) is 13.5. The zero-order chi connectivity index (χ0) is 15.6. The summed E-state index contributed by atoms with van der Waals surface area (Å²) in [4.78, 5) is 15.1. The van der Waals surface area contributed by atoms with Crippen LogP contribution in [0, 0.1) is 12.8 Å². The van der Waals surface area contributed by atoms with E-state index in [4.69, 9.17) is 9.40 Å². The third-order valence-corrected chi connectivity index (χ3v) is 4.58. The highest BCUT2D eigenvalue weighted by molar-refractivity contribution is 5.74. The highest BCUT2D eigenvalue weighted by Crippen LogP contribution is 2.22. The van der Waals surface area contributed by atoms with Crippen molar-refractivity contribution >= 4 is 11.0 Å². The normalized spacial score (nSPS) is 19.4. The molecule has 1 atom stereocenters. The summed E-state index contributed by atoms with van der Waals surface area (Å²) in [5, 5.41) is 0. The first kappa shape index (κ1) is 14.5. The SMILES string of the molecule is Cc1nc(CN2CCC[C@@H](Cc3nc4ccccc4[nH]3)C2)co1. The van der Waals surface area contributed by atoms with E-state index in [1.54, 1.807) is 6.26 Å². The molecule has 1 fully saturated rings. The Morgan fingerprint density at radius 3 is 3.04 bits per heavy atom. The summed E-state index contributed by atoms with van der Waals surface area (Å²) in [5.74, 6) is 2.50. The van der Waals surface area contributed by atoms with Crippen LogP contribution in [0.4, 0.5) is 0 Å². The lowest BCUT2D eigenvalue weighted by Crippen LogP contribution is -2.36. The summed E-state index contributed by atoms with van der Waals surface area (Å²) < 4.78 is 5.31. The van der Waals surface area contributed by atoms with Crippen LogP contribution >= 0.6 is 0 Å². The number of hydrogen-bond acceptors (Lipinski definition) is 4. The minimum absolute atomic E-state index is 0.650. The Hall–Kier alpha value is -2.14. The van der Waals surface area contributed by atoms with E-state index in [1.165, 1.54) is 12.8 Å². The number of para-hydroxylation sites is 2. The van der Waals surface area contributed by atoms with Gasteiger partial charge in [-0.25, -0.2) is 9.97 Å². The lowest BCUT2D eigenvalue weighted by atomic mass is 9.94. The molecular weight excluding hydrogens is 288 g/mol. The smallest absolute Gasteiger partial charge is 0.191 e. The number of rotatable bonds is 4. The molecule has 0 unspecified atom stereocenters. The van der Waals surface area contributed by atoms with E-state index in [1.807, 2.05) is 19.1 Å². The van der Waals surface area contributed by atoms with E-state index in [0.717, 1.165) is 54.5 Å². The summed E-state index contributed by atoms with van der Waals surface area (Å²) in [5.41, 5.74) is 3.23. The second kappa shape index (κ2) is 6.16. The molecule has 0 spiro atoms. The van der Waals surface area contributed by atoms with Gasteiger partial charge < -0.3 is 9.40 Å². The Bertz CT molecular complexity index is 758. The van der Waals surface area contributed by atoms with Crippen LogP contribution in [-0.2, 0) is 13.0 Å². The summed E-state index contributed by atoms with van der Waals surface area (Å²) in [6.45, 7) is 5.02.